The van der Waals surface area contributed by atoms with Gasteiger partial charge in [-0.05, 0) is 31.4 Å². The lowest BCUT2D eigenvalue weighted by molar-refractivity contribution is -0.141. The molecule has 2 atom stereocenters. The summed E-state index contributed by atoms with van der Waals surface area (Å²) in [5, 5.41) is 18.3. The lowest BCUT2D eigenvalue weighted by Gasteiger charge is -2.17. The topological polar surface area (TPSA) is 138 Å². The van der Waals surface area contributed by atoms with E-state index >= 15 is 0 Å². The minimum absolute atomic E-state index is 0.00680. The first kappa shape index (κ1) is 20.5. The molecular weight excluding hydrogens is 413 g/mol. The molecule has 0 radical (unpaired) electrons. The molecule has 1 saturated carbocycles. The Morgan fingerprint density at radius 1 is 1.19 bits per heavy atom. The van der Waals surface area contributed by atoms with Crippen molar-refractivity contribution in [1.82, 2.24) is 25.1 Å². The molecule has 31 heavy (non-hydrogen) atoms. The zero-order valence-corrected chi connectivity index (χ0v) is 16.0. The molecule has 0 aromatic carbocycles. The number of hydrogen-bond acceptors (Lipinski definition) is 8. The highest BCUT2D eigenvalue weighted by Crippen LogP contribution is 2.36. The van der Waals surface area contributed by atoms with E-state index in [1.165, 1.54) is 24.5 Å². The summed E-state index contributed by atoms with van der Waals surface area (Å²) < 4.78 is 45.6. The Kier molecular flexibility index (Phi) is 5.43. The molecule has 1 aliphatic rings. The molecule has 1 fully saturated rings. The van der Waals surface area contributed by atoms with Crippen molar-refractivity contribution in [1.29, 1.82) is 5.26 Å². The summed E-state index contributed by atoms with van der Waals surface area (Å²) in [5.41, 5.74) is 5.23. The molecule has 3 aromatic rings. The Hall–Kier alpha value is -3.72. The van der Waals surface area contributed by atoms with E-state index in [0.29, 0.717) is 12.2 Å². The molecule has 3 aromatic heterocycles. The highest BCUT2D eigenvalue weighted by molar-refractivity contribution is 5.67. The standard InChI is InChI=1S/C19H17F3N8O/c20-19(21,22)15-4-3-14(31-12-2-1-10(24)5-12)18(27-15)13-6-16(30-29-13)28-17-9-25-11(7-23)8-26-17/h3-4,6,8-10,12H,1-2,5,24H2,(H2,26,28,29,30). The minimum Gasteiger partial charge on any atom is -0.488 e. The smallest absolute Gasteiger partial charge is 0.433 e. The van der Waals surface area contributed by atoms with E-state index in [0.717, 1.165) is 18.9 Å². The number of rotatable bonds is 5. The molecule has 12 heteroatoms. The number of alkyl halides is 3. The lowest BCUT2D eigenvalue weighted by atomic mass is 10.2. The highest BCUT2D eigenvalue weighted by atomic mass is 19.4. The Bertz CT molecular complexity index is 1110. The van der Waals surface area contributed by atoms with Crippen molar-refractivity contribution >= 4 is 11.6 Å². The monoisotopic (exact) mass is 430 g/mol. The maximum absolute atomic E-state index is 13.2. The summed E-state index contributed by atoms with van der Waals surface area (Å²) in [6, 6.07) is 5.49. The van der Waals surface area contributed by atoms with E-state index in [1.54, 1.807) is 0 Å². The molecular formula is C19H17F3N8O. The molecule has 0 bridgehead atoms. The predicted molar refractivity (Wildman–Crippen MR) is 103 cm³/mol. The molecule has 0 aliphatic heterocycles. The number of anilines is 2. The SMILES string of the molecule is N#Cc1cnc(Nc2cc(-c3nc(C(F)(F)F)ccc3OC3CCC(N)C3)[nH]n2)cn1. The summed E-state index contributed by atoms with van der Waals surface area (Å²) in [7, 11) is 0. The fourth-order valence-electron chi connectivity index (χ4n) is 3.24. The number of aromatic nitrogens is 5. The van der Waals surface area contributed by atoms with E-state index in [2.05, 4.69) is 30.5 Å². The van der Waals surface area contributed by atoms with E-state index in [1.807, 2.05) is 6.07 Å². The van der Waals surface area contributed by atoms with Gasteiger partial charge in [0.15, 0.2) is 11.5 Å². The van der Waals surface area contributed by atoms with Gasteiger partial charge in [-0.3, -0.25) is 5.10 Å². The van der Waals surface area contributed by atoms with E-state index < -0.39 is 11.9 Å². The molecule has 4 N–H and O–H groups in total. The summed E-state index contributed by atoms with van der Waals surface area (Å²) in [4.78, 5) is 11.7. The van der Waals surface area contributed by atoms with Gasteiger partial charge in [0.1, 0.15) is 35.1 Å². The molecule has 160 valence electrons. The van der Waals surface area contributed by atoms with Crippen LogP contribution < -0.4 is 15.8 Å². The van der Waals surface area contributed by atoms with Gasteiger partial charge in [0.2, 0.25) is 0 Å². The minimum atomic E-state index is -4.61. The van der Waals surface area contributed by atoms with Gasteiger partial charge >= 0.3 is 6.18 Å². The third-order valence-electron chi connectivity index (χ3n) is 4.72. The van der Waals surface area contributed by atoms with Gasteiger partial charge in [-0.1, -0.05) is 0 Å². The van der Waals surface area contributed by atoms with Crippen molar-refractivity contribution in [2.24, 2.45) is 5.73 Å². The third kappa shape index (κ3) is 4.72. The van der Waals surface area contributed by atoms with Crippen molar-refractivity contribution in [3.8, 4) is 23.2 Å². The van der Waals surface area contributed by atoms with Crippen molar-refractivity contribution in [3.63, 3.8) is 0 Å². The van der Waals surface area contributed by atoms with Crippen LogP contribution in [0.25, 0.3) is 11.4 Å². The van der Waals surface area contributed by atoms with E-state index in [9.17, 15) is 13.2 Å². The first-order valence-corrected chi connectivity index (χ1v) is 9.37. The van der Waals surface area contributed by atoms with Gasteiger partial charge in [-0.25, -0.2) is 15.0 Å². The average molecular weight is 430 g/mol. The van der Waals surface area contributed by atoms with Gasteiger partial charge in [-0.15, -0.1) is 0 Å². The number of pyridine rings is 1. The van der Waals surface area contributed by atoms with Crippen molar-refractivity contribution in [2.45, 2.75) is 37.6 Å². The Morgan fingerprint density at radius 3 is 2.68 bits per heavy atom. The number of ether oxygens (including phenoxy) is 1. The molecule has 1 aliphatic carbocycles. The van der Waals surface area contributed by atoms with Gasteiger partial charge in [0.05, 0.1) is 18.1 Å². The van der Waals surface area contributed by atoms with Crippen LogP contribution in [0.4, 0.5) is 24.8 Å². The quantitative estimate of drug-likeness (QED) is 0.561. The normalized spacial score (nSPS) is 18.5. The van der Waals surface area contributed by atoms with Crippen molar-refractivity contribution < 1.29 is 17.9 Å². The average Bonchev–Trinajstić information content (AvgIpc) is 3.37. The Morgan fingerprint density at radius 2 is 2.03 bits per heavy atom. The molecule has 0 saturated heterocycles. The lowest BCUT2D eigenvalue weighted by Crippen LogP contribution is -2.19. The molecule has 2 unspecified atom stereocenters. The number of nitrogens with zero attached hydrogens (tertiary/aromatic N) is 5. The summed E-state index contributed by atoms with van der Waals surface area (Å²) in [6.45, 7) is 0. The first-order valence-electron chi connectivity index (χ1n) is 9.37. The van der Waals surface area contributed by atoms with Gasteiger partial charge < -0.3 is 15.8 Å². The number of halogens is 3. The van der Waals surface area contributed by atoms with Crippen LogP contribution in [0.2, 0.25) is 0 Å². The predicted octanol–water partition coefficient (Wildman–Crippen LogP) is 3.15. The fourth-order valence-corrected chi connectivity index (χ4v) is 3.24. The second kappa shape index (κ2) is 8.19. The molecule has 9 nitrogen and oxygen atoms in total. The van der Waals surface area contributed by atoms with Crippen LogP contribution in [0, 0.1) is 11.3 Å². The fraction of sp³-hybridized carbons (Fsp3) is 0.316. The van der Waals surface area contributed by atoms with Crippen LogP contribution in [0.1, 0.15) is 30.7 Å². The first-order chi connectivity index (χ1) is 14.8. The second-order valence-corrected chi connectivity index (χ2v) is 7.04. The largest absolute Gasteiger partial charge is 0.488 e. The third-order valence-corrected chi connectivity index (χ3v) is 4.72. The number of aromatic amines is 1. The van der Waals surface area contributed by atoms with Crippen LogP contribution in [-0.4, -0.2) is 37.3 Å². The Labute approximate surface area is 174 Å². The van der Waals surface area contributed by atoms with Crippen LogP contribution in [0.15, 0.2) is 30.6 Å². The summed E-state index contributed by atoms with van der Waals surface area (Å²) in [5.74, 6) is 0.799. The molecule has 3 heterocycles. The second-order valence-electron chi connectivity index (χ2n) is 7.04. The highest BCUT2D eigenvalue weighted by Gasteiger charge is 2.34. The van der Waals surface area contributed by atoms with Crippen LogP contribution in [0.5, 0.6) is 5.75 Å². The number of nitrogens with one attached hydrogen (secondary N) is 2. The van der Waals surface area contributed by atoms with E-state index in [-0.39, 0.29) is 40.8 Å². The number of nitriles is 1. The molecule has 4 rings (SSSR count). The molecule has 0 amide bonds. The van der Waals surface area contributed by atoms with E-state index in [4.69, 9.17) is 15.7 Å². The summed E-state index contributed by atoms with van der Waals surface area (Å²) >= 11 is 0. The van der Waals surface area contributed by atoms with Crippen LogP contribution in [-0.2, 0) is 6.18 Å². The zero-order chi connectivity index (χ0) is 22.0. The number of H-pyrrole nitrogens is 1. The molecule has 0 spiro atoms. The van der Waals surface area contributed by atoms with Gasteiger partial charge in [-0.2, -0.15) is 23.5 Å². The zero-order valence-electron chi connectivity index (χ0n) is 16.0. The maximum atomic E-state index is 13.2. The van der Waals surface area contributed by atoms with Crippen molar-refractivity contribution in [2.75, 3.05) is 5.32 Å². The van der Waals surface area contributed by atoms with Crippen molar-refractivity contribution in [3.05, 3.63) is 42.0 Å². The maximum Gasteiger partial charge on any atom is 0.433 e. The van der Waals surface area contributed by atoms with Gasteiger partial charge in [0.25, 0.3) is 0 Å². The van der Waals surface area contributed by atoms with Crippen LogP contribution >= 0.6 is 0 Å². The van der Waals surface area contributed by atoms with Crippen LogP contribution in [0.3, 0.4) is 0 Å². The number of nitrogens with two attached hydrogens (primary N) is 1. The van der Waals surface area contributed by atoms with Gasteiger partial charge in [0, 0.05) is 12.1 Å². The number of hydrogen-bond donors (Lipinski definition) is 3. The Balaban J connectivity index is 1.62. The summed E-state index contributed by atoms with van der Waals surface area (Å²) in [6.07, 6.45) is -0.0558.